The molecule has 0 N–H and O–H groups in total. The van der Waals surface area contributed by atoms with Crippen LogP contribution in [0.15, 0.2) is 61.3 Å². The van der Waals surface area contributed by atoms with E-state index in [0.717, 1.165) is 12.2 Å². The zero-order valence-electron chi connectivity index (χ0n) is 13.5. The molecule has 1 aliphatic rings. The Morgan fingerprint density at radius 2 is 1.59 bits per heavy atom. The van der Waals surface area contributed by atoms with Crippen molar-refractivity contribution in [3.8, 4) is 0 Å². The topological polar surface area (TPSA) is 6.48 Å². The van der Waals surface area contributed by atoms with E-state index >= 15 is 0 Å². The lowest BCUT2D eigenvalue weighted by molar-refractivity contribution is 0.402. The molecular weight excluding hydrogens is 268 g/mol. The van der Waals surface area contributed by atoms with Crippen LogP contribution >= 0.6 is 0 Å². The summed E-state index contributed by atoms with van der Waals surface area (Å²) >= 11 is 0. The fourth-order valence-electron chi connectivity index (χ4n) is 2.89. The minimum Gasteiger partial charge on any atom is -0.350 e. The molecule has 2 nitrogen and oxygen atoms in total. The van der Waals surface area contributed by atoms with E-state index in [-0.39, 0.29) is 0 Å². The van der Waals surface area contributed by atoms with Crippen LogP contribution < -0.4 is 0 Å². The lowest BCUT2D eigenvalue weighted by Gasteiger charge is -2.28. The van der Waals surface area contributed by atoms with Gasteiger partial charge in [0.25, 0.3) is 0 Å². The molecule has 0 aromatic heterocycles. The molecule has 2 heteroatoms. The molecule has 2 aromatic carbocycles. The maximum atomic E-state index is 4.19. The molecule has 0 amide bonds. The molecule has 112 valence electrons. The van der Waals surface area contributed by atoms with Gasteiger partial charge in [-0.05, 0) is 30.8 Å². The van der Waals surface area contributed by atoms with Crippen molar-refractivity contribution >= 4 is 11.3 Å². The largest absolute Gasteiger partial charge is 0.350 e. The van der Waals surface area contributed by atoms with Crippen molar-refractivity contribution in [1.29, 1.82) is 0 Å². The lowest BCUT2D eigenvalue weighted by Crippen LogP contribution is -2.15. The van der Waals surface area contributed by atoms with E-state index < -0.39 is 0 Å². The van der Waals surface area contributed by atoms with Crippen LogP contribution in [0.3, 0.4) is 0 Å². The maximum absolute atomic E-state index is 4.19. The molecule has 0 unspecified atom stereocenters. The van der Waals surface area contributed by atoms with Crippen LogP contribution in [0.4, 0.5) is 0 Å². The molecule has 0 radical (unpaired) electrons. The summed E-state index contributed by atoms with van der Waals surface area (Å²) in [6.45, 7) is 5.15. The van der Waals surface area contributed by atoms with Gasteiger partial charge >= 0.3 is 0 Å². The first-order valence-corrected chi connectivity index (χ1v) is 7.53. The van der Waals surface area contributed by atoms with Crippen molar-refractivity contribution in [1.82, 2.24) is 9.80 Å². The van der Waals surface area contributed by atoms with Gasteiger partial charge in [-0.2, -0.15) is 0 Å². The number of hydrogen-bond donors (Lipinski definition) is 0. The predicted octanol–water partition coefficient (Wildman–Crippen LogP) is 4.05. The van der Waals surface area contributed by atoms with Gasteiger partial charge in [-0.15, -0.1) is 0 Å². The van der Waals surface area contributed by atoms with Crippen molar-refractivity contribution in [2.75, 3.05) is 21.1 Å². The first-order chi connectivity index (χ1) is 10.6. The summed E-state index contributed by atoms with van der Waals surface area (Å²) < 4.78 is 0. The van der Waals surface area contributed by atoms with Gasteiger partial charge in [0, 0.05) is 36.6 Å². The number of rotatable bonds is 3. The van der Waals surface area contributed by atoms with Crippen LogP contribution in [0, 0.1) is 0 Å². The third-order valence-corrected chi connectivity index (χ3v) is 4.04. The normalized spacial score (nSPS) is 14.1. The van der Waals surface area contributed by atoms with Crippen LogP contribution in [0.1, 0.15) is 22.3 Å². The van der Waals surface area contributed by atoms with Gasteiger partial charge < -0.3 is 9.80 Å². The number of nitrogens with zero attached hydrogens (tertiary/aromatic N) is 2. The summed E-state index contributed by atoms with van der Waals surface area (Å²) in [6.07, 6.45) is 2.17. The second-order valence-electron chi connectivity index (χ2n) is 6.08. The molecule has 0 fully saturated rings. The quantitative estimate of drug-likeness (QED) is 0.841. The smallest absolute Gasteiger partial charge is 0.0410 e. The molecule has 22 heavy (non-hydrogen) atoms. The Morgan fingerprint density at radius 1 is 0.955 bits per heavy atom. The average molecular weight is 290 g/mol. The Balaban J connectivity index is 2.00. The number of fused-ring (bicyclic) bond motifs is 1. The van der Waals surface area contributed by atoms with Crippen LogP contribution in [0.2, 0.25) is 0 Å². The minimum atomic E-state index is 0.965. The van der Waals surface area contributed by atoms with E-state index in [9.17, 15) is 0 Å². The third-order valence-electron chi connectivity index (χ3n) is 4.04. The van der Waals surface area contributed by atoms with Crippen LogP contribution in [0.25, 0.3) is 11.3 Å². The van der Waals surface area contributed by atoms with E-state index in [2.05, 4.69) is 92.3 Å². The Morgan fingerprint density at radius 3 is 2.23 bits per heavy atom. The summed E-state index contributed by atoms with van der Waals surface area (Å²) in [5, 5.41) is 0. The molecule has 0 bridgehead atoms. The highest BCUT2D eigenvalue weighted by molar-refractivity contribution is 5.89. The first-order valence-electron chi connectivity index (χ1n) is 7.53. The molecule has 0 saturated carbocycles. The van der Waals surface area contributed by atoms with Crippen LogP contribution in [-0.4, -0.2) is 30.9 Å². The number of hydrogen-bond acceptors (Lipinski definition) is 2. The van der Waals surface area contributed by atoms with Gasteiger partial charge in [0.05, 0.1) is 0 Å². The molecule has 0 atom stereocenters. The van der Waals surface area contributed by atoms with Gasteiger partial charge in [0.1, 0.15) is 0 Å². The van der Waals surface area contributed by atoms with E-state index in [4.69, 9.17) is 0 Å². The standard InChI is InChI=1S/C20H22N2/c1-15-18-7-5-6-8-19(18)20(14-22(15)4)17-11-9-16(10-12-17)13-21(2)3/h5-12,14H,1,13H2,2-4H3. The van der Waals surface area contributed by atoms with Crippen molar-refractivity contribution in [3.63, 3.8) is 0 Å². The second-order valence-corrected chi connectivity index (χ2v) is 6.08. The van der Waals surface area contributed by atoms with Gasteiger partial charge in [0.15, 0.2) is 0 Å². The number of benzene rings is 2. The predicted molar refractivity (Wildman–Crippen MR) is 94.2 cm³/mol. The van der Waals surface area contributed by atoms with E-state index in [1.807, 2.05) is 0 Å². The zero-order chi connectivity index (χ0) is 15.7. The Labute approximate surface area is 133 Å². The molecule has 3 rings (SSSR count). The van der Waals surface area contributed by atoms with Gasteiger partial charge in [-0.3, -0.25) is 0 Å². The third kappa shape index (κ3) is 2.70. The highest BCUT2D eigenvalue weighted by Crippen LogP contribution is 2.35. The van der Waals surface area contributed by atoms with Crippen molar-refractivity contribution in [2.45, 2.75) is 6.54 Å². The first kappa shape index (κ1) is 14.6. The summed E-state index contributed by atoms with van der Waals surface area (Å²) in [4.78, 5) is 4.29. The fraction of sp³-hybridized carbons (Fsp3) is 0.200. The highest BCUT2D eigenvalue weighted by atomic mass is 15.1. The van der Waals surface area contributed by atoms with Crippen LogP contribution in [-0.2, 0) is 6.54 Å². The zero-order valence-corrected chi connectivity index (χ0v) is 13.5. The molecular formula is C20H22N2. The van der Waals surface area contributed by atoms with E-state index in [0.29, 0.717) is 0 Å². The lowest BCUT2D eigenvalue weighted by atomic mass is 9.90. The Hall–Kier alpha value is -2.32. The second kappa shape index (κ2) is 5.82. The van der Waals surface area contributed by atoms with Gasteiger partial charge in [0.2, 0.25) is 0 Å². The maximum Gasteiger partial charge on any atom is 0.0410 e. The van der Waals surface area contributed by atoms with Gasteiger partial charge in [-0.1, -0.05) is 55.1 Å². The van der Waals surface area contributed by atoms with E-state index in [1.54, 1.807) is 0 Å². The van der Waals surface area contributed by atoms with Crippen molar-refractivity contribution < 1.29 is 0 Å². The minimum absolute atomic E-state index is 0.965. The summed E-state index contributed by atoms with van der Waals surface area (Å²) in [6, 6.07) is 17.3. The van der Waals surface area contributed by atoms with Crippen molar-refractivity contribution in [3.05, 3.63) is 83.6 Å². The molecule has 0 aliphatic carbocycles. The van der Waals surface area contributed by atoms with Crippen molar-refractivity contribution in [2.24, 2.45) is 0 Å². The van der Waals surface area contributed by atoms with E-state index in [1.165, 1.54) is 27.8 Å². The Bertz CT molecular complexity index is 724. The van der Waals surface area contributed by atoms with Gasteiger partial charge in [-0.25, -0.2) is 0 Å². The summed E-state index contributed by atoms with van der Waals surface area (Å²) in [7, 11) is 6.24. The molecule has 1 heterocycles. The average Bonchev–Trinajstić information content (AvgIpc) is 2.51. The molecule has 1 aliphatic heterocycles. The molecule has 0 saturated heterocycles. The summed E-state index contributed by atoms with van der Waals surface area (Å²) in [5.74, 6) is 0. The SMILES string of the molecule is C=C1c2ccccc2C(c2ccc(CN(C)C)cc2)=CN1C. The monoisotopic (exact) mass is 290 g/mol. The Kier molecular flexibility index (Phi) is 3.86. The highest BCUT2D eigenvalue weighted by Gasteiger charge is 2.19. The molecule has 2 aromatic rings. The fourth-order valence-corrected chi connectivity index (χ4v) is 2.89. The summed E-state index contributed by atoms with van der Waals surface area (Å²) in [5.41, 5.74) is 7.34. The molecule has 0 spiro atoms. The van der Waals surface area contributed by atoms with Crippen LogP contribution in [0.5, 0.6) is 0 Å².